The molecule has 3 amide bonds. The lowest BCUT2D eigenvalue weighted by Gasteiger charge is -2.19. The molecule has 0 saturated carbocycles. The second kappa shape index (κ2) is 8.60. The summed E-state index contributed by atoms with van der Waals surface area (Å²) in [6.45, 7) is 0.978. The first-order valence-corrected chi connectivity index (χ1v) is 9.01. The maximum absolute atomic E-state index is 12.5. The van der Waals surface area contributed by atoms with Crippen molar-refractivity contribution in [2.45, 2.75) is 12.5 Å². The monoisotopic (exact) mass is 384 g/mol. The van der Waals surface area contributed by atoms with Crippen molar-refractivity contribution in [3.63, 3.8) is 0 Å². The van der Waals surface area contributed by atoms with Crippen LogP contribution in [-0.2, 0) is 0 Å². The maximum Gasteiger partial charge on any atom is 0.321 e. The van der Waals surface area contributed by atoms with E-state index in [0.717, 1.165) is 0 Å². The summed E-state index contributed by atoms with van der Waals surface area (Å²) >= 11 is 0. The van der Waals surface area contributed by atoms with E-state index in [-0.39, 0.29) is 18.0 Å². The predicted octanol–water partition coefficient (Wildman–Crippen LogP) is 2.48. The van der Waals surface area contributed by atoms with Gasteiger partial charge in [-0.25, -0.2) is 9.78 Å². The number of benzene rings is 1. The molecule has 1 N–H and O–H groups in total. The van der Waals surface area contributed by atoms with Gasteiger partial charge in [-0.3, -0.25) is 4.79 Å². The first-order chi connectivity index (χ1) is 13.5. The average Bonchev–Trinajstić information content (AvgIpc) is 3.16. The summed E-state index contributed by atoms with van der Waals surface area (Å²) in [4.78, 5) is 32.2. The number of anilines is 1. The Kier molecular flexibility index (Phi) is 5.98. The van der Waals surface area contributed by atoms with Crippen LogP contribution in [0.25, 0.3) is 0 Å². The number of hydrogen-bond donors (Lipinski definition) is 1. The highest BCUT2D eigenvalue weighted by Gasteiger charge is 2.29. The topological polar surface area (TPSA) is 84.0 Å². The molecule has 28 heavy (non-hydrogen) atoms. The van der Waals surface area contributed by atoms with Crippen molar-refractivity contribution in [2.75, 3.05) is 39.6 Å². The summed E-state index contributed by atoms with van der Waals surface area (Å²) in [6.07, 6.45) is 2.03. The highest BCUT2D eigenvalue weighted by Crippen LogP contribution is 2.22. The molecule has 3 rings (SSSR count). The summed E-state index contributed by atoms with van der Waals surface area (Å²) in [5.41, 5.74) is 1.07. The van der Waals surface area contributed by atoms with Crippen LogP contribution in [-0.4, -0.2) is 67.1 Å². The van der Waals surface area contributed by atoms with Crippen LogP contribution < -0.4 is 14.8 Å². The Morgan fingerprint density at radius 1 is 1.25 bits per heavy atom. The van der Waals surface area contributed by atoms with Crippen molar-refractivity contribution in [3.05, 3.63) is 48.2 Å². The lowest BCUT2D eigenvalue weighted by atomic mass is 10.2. The number of aromatic nitrogens is 1. The van der Waals surface area contributed by atoms with E-state index in [1.807, 2.05) is 12.1 Å². The largest absolute Gasteiger partial charge is 0.497 e. The minimum atomic E-state index is -0.223. The number of nitrogens with one attached hydrogen (secondary N) is 1. The van der Waals surface area contributed by atoms with Crippen LogP contribution in [0.1, 0.15) is 16.8 Å². The van der Waals surface area contributed by atoms with Gasteiger partial charge in [-0.2, -0.15) is 0 Å². The van der Waals surface area contributed by atoms with E-state index >= 15 is 0 Å². The van der Waals surface area contributed by atoms with Gasteiger partial charge in [0.2, 0.25) is 5.88 Å². The molecule has 8 heteroatoms. The first-order valence-electron chi connectivity index (χ1n) is 9.01. The molecule has 1 aromatic carbocycles. The Hall–Kier alpha value is -3.29. The van der Waals surface area contributed by atoms with Gasteiger partial charge < -0.3 is 24.6 Å². The van der Waals surface area contributed by atoms with Crippen LogP contribution in [0.5, 0.6) is 11.6 Å². The standard InChI is InChI=1S/C20H24N4O4/c1-23(2)19(25)17-8-5-10-21-18(17)28-16-9-11-24(13-16)20(26)22-14-6-4-7-15(12-14)27-3/h4-8,10,12,16H,9,11,13H2,1-3H3,(H,22,26). The molecular weight excluding hydrogens is 360 g/mol. The first kappa shape index (κ1) is 19.5. The van der Waals surface area contributed by atoms with Crippen LogP contribution >= 0.6 is 0 Å². The summed E-state index contributed by atoms with van der Waals surface area (Å²) in [6, 6.07) is 10.4. The number of carbonyl (C=O) groups excluding carboxylic acids is 2. The summed E-state index contributed by atoms with van der Waals surface area (Å²) < 4.78 is 11.1. The molecule has 1 saturated heterocycles. The number of amides is 3. The predicted molar refractivity (Wildman–Crippen MR) is 105 cm³/mol. The molecule has 1 fully saturated rings. The Morgan fingerprint density at radius 2 is 2.07 bits per heavy atom. The number of pyridine rings is 1. The highest BCUT2D eigenvalue weighted by molar-refractivity contribution is 5.96. The fourth-order valence-corrected chi connectivity index (χ4v) is 2.96. The summed E-state index contributed by atoms with van der Waals surface area (Å²) in [5.74, 6) is 0.795. The van der Waals surface area contributed by atoms with Gasteiger partial charge in [-0.15, -0.1) is 0 Å². The average molecular weight is 384 g/mol. The molecule has 1 unspecified atom stereocenters. The Labute approximate surface area is 164 Å². The second-order valence-corrected chi connectivity index (χ2v) is 6.69. The summed E-state index contributed by atoms with van der Waals surface area (Å²) in [7, 11) is 4.94. The molecule has 2 heterocycles. The molecule has 0 spiro atoms. The van der Waals surface area contributed by atoms with Gasteiger partial charge in [-0.05, 0) is 24.3 Å². The smallest absolute Gasteiger partial charge is 0.321 e. The van der Waals surface area contributed by atoms with Crippen molar-refractivity contribution >= 4 is 17.6 Å². The van der Waals surface area contributed by atoms with Gasteiger partial charge in [0.1, 0.15) is 17.4 Å². The molecule has 8 nitrogen and oxygen atoms in total. The molecule has 148 valence electrons. The van der Waals surface area contributed by atoms with Gasteiger partial charge in [0.15, 0.2) is 0 Å². The fourth-order valence-electron chi connectivity index (χ4n) is 2.96. The van der Waals surface area contributed by atoms with Gasteiger partial charge in [0.25, 0.3) is 5.91 Å². The van der Waals surface area contributed by atoms with E-state index in [2.05, 4.69) is 10.3 Å². The molecule has 1 atom stereocenters. The zero-order chi connectivity index (χ0) is 20.1. The van der Waals surface area contributed by atoms with Crippen molar-refractivity contribution < 1.29 is 19.1 Å². The summed E-state index contributed by atoms with van der Waals surface area (Å²) in [5, 5.41) is 2.86. The van der Waals surface area contributed by atoms with Crippen LogP contribution in [0.4, 0.5) is 10.5 Å². The second-order valence-electron chi connectivity index (χ2n) is 6.69. The Balaban J connectivity index is 1.61. The van der Waals surface area contributed by atoms with Crippen molar-refractivity contribution in [2.24, 2.45) is 0 Å². The van der Waals surface area contributed by atoms with Crippen LogP contribution in [0.15, 0.2) is 42.6 Å². The SMILES string of the molecule is COc1cccc(NC(=O)N2CCC(Oc3ncccc3C(=O)N(C)C)C2)c1. The van der Waals surface area contributed by atoms with E-state index < -0.39 is 0 Å². The quantitative estimate of drug-likeness (QED) is 0.856. The molecule has 0 bridgehead atoms. The van der Waals surface area contributed by atoms with Crippen LogP contribution in [0.3, 0.4) is 0 Å². The zero-order valence-electron chi connectivity index (χ0n) is 16.2. The Bertz CT molecular complexity index is 856. The number of urea groups is 1. The molecule has 1 aliphatic rings. The van der Waals surface area contributed by atoms with E-state index in [9.17, 15) is 9.59 Å². The minimum Gasteiger partial charge on any atom is -0.497 e. The highest BCUT2D eigenvalue weighted by atomic mass is 16.5. The van der Waals surface area contributed by atoms with Crippen molar-refractivity contribution in [3.8, 4) is 11.6 Å². The number of hydrogen-bond acceptors (Lipinski definition) is 5. The molecule has 1 aromatic heterocycles. The van der Waals surface area contributed by atoms with Gasteiger partial charge >= 0.3 is 6.03 Å². The number of ether oxygens (including phenoxy) is 2. The van der Waals surface area contributed by atoms with Gasteiger partial charge in [0.05, 0.1) is 13.7 Å². The number of carbonyl (C=O) groups is 2. The lowest BCUT2D eigenvalue weighted by Crippen LogP contribution is -2.34. The van der Waals surface area contributed by atoms with E-state index in [1.54, 1.807) is 56.6 Å². The third-order valence-electron chi connectivity index (χ3n) is 4.44. The minimum absolute atomic E-state index is 0.172. The van der Waals surface area contributed by atoms with Crippen LogP contribution in [0, 0.1) is 0 Å². The molecule has 2 aromatic rings. The molecule has 0 aliphatic carbocycles. The zero-order valence-corrected chi connectivity index (χ0v) is 16.2. The molecular formula is C20H24N4O4. The van der Waals surface area contributed by atoms with E-state index in [0.29, 0.717) is 42.4 Å². The van der Waals surface area contributed by atoms with Gasteiger partial charge in [-0.1, -0.05) is 6.07 Å². The Morgan fingerprint density at radius 3 is 2.82 bits per heavy atom. The van der Waals surface area contributed by atoms with E-state index in [1.165, 1.54) is 4.90 Å². The van der Waals surface area contributed by atoms with Crippen molar-refractivity contribution in [1.29, 1.82) is 0 Å². The third-order valence-corrected chi connectivity index (χ3v) is 4.44. The molecule has 0 radical (unpaired) electrons. The number of methoxy groups -OCH3 is 1. The number of likely N-dealkylation sites (tertiary alicyclic amines) is 1. The van der Waals surface area contributed by atoms with E-state index in [4.69, 9.17) is 9.47 Å². The fraction of sp³-hybridized carbons (Fsp3) is 0.350. The normalized spacial score (nSPS) is 15.8. The molecule has 1 aliphatic heterocycles. The lowest BCUT2D eigenvalue weighted by molar-refractivity contribution is 0.0818. The van der Waals surface area contributed by atoms with Crippen molar-refractivity contribution in [1.82, 2.24) is 14.8 Å². The maximum atomic E-state index is 12.5. The third kappa shape index (κ3) is 4.51. The van der Waals surface area contributed by atoms with Gasteiger partial charge in [0, 0.05) is 45.0 Å². The number of rotatable bonds is 5. The number of nitrogens with zero attached hydrogens (tertiary/aromatic N) is 3. The van der Waals surface area contributed by atoms with Crippen LogP contribution in [0.2, 0.25) is 0 Å².